The number of amides is 1. The van der Waals surface area contributed by atoms with E-state index in [-0.39, 0.29) is 5.91 Å². The van der Waals surface area contributed by atoms with Crippen LogP contribution in [-0.2, 0) is 18.7 Å². The maximum Gasteiger partial charge on any atom is 0.270 e. The summed E-state index contributed by atoms with van der Waals surface area (Å²) >= 11 is 0. The Labute approximate surface area is 145 Å². The predicted octanol–water partition coefficient (Wildman–Crippen LogP) is 2.39. The third-order valence-corrected chi connectivity index (χ3v) is 5.60. The van der Waals surface area contributed by atoms with Crippen molar-refractivity contribution in [2.24, 2.45) is 0 Å². The molecule has 1 aliphatic carbocycles. The van der Waals surface area contributed by atoms with Crippen molar-refractivity contribution < 1.29 is 9.90 Å². The van der Waals surface area contributed by atoms with Gasteiger partial charge in [-0.1, -0.05) is 18.2 Å². The van der Waals surface area contributed by atoms with Gasteiger partial charge in [-0.25, -0.2) is 0 Å². The summed E-state index contributed by atoms with van der Waals surface area (Å²) in [6.45, 7) is 1.78. The Kier molecular flexibility index (Phi) is 3.06. The molecule has 2 N–H and O–H groups in total. The van der Waals surface area contributed by atoms with E-state index in [4.69, 9.17) is 0 Å². The monoisotopic (exact) mass is 336 g/mol. The molecule has 0 saturated heterocycles. The zero-order valence-corrected chi connectivity index (χ0v) is 13.9. The lowest BCUT2D eigenvalue weighted by Gasteiger charge is -2.38. The van der Waals surface area contributed by atoms with Crippen LogP contribution in [0.3, 0.4) is 0 Å². The predicted molar refractivity (Wildman–Crippen MR) is 93.0 cm³/mol. The zero-order chi connectivity index (χ0) is 17.0. The summed E-state index contributed by atoms with van der Waals surface area (Å²) in [4.78, 5) is 18.0. The fourth-order valence-electron chi connectivity index (χ4n) is 3.95. The van der Waals surface area contributed by atoms with E-state index in [1.165, 1.54) is 0 Å². The second-order valence-electron chi connectivity index (χ2n) is 7.11. The highest BCUT2D eigenvalue weighted by Crippen LogP contribution is 2.43. The summed E-state index contributed by atoms with van der Waals surface area (Å²) < 4.78 is 1.93. The van der Waals surface area contributed by atoms with Crippen LogP contribution in [0.15, 0.2) is 36.5 Å². The molecule has 0 spiro atoms. The number of aliphatic hydroxyl groups is 1. The number of aromatic amines is 1. The number of H-pyrrole nitrogens is 1. The van der Waals surface area contributed by atoms with Gasteiger partial charge in [0.15, 0.2) is 0 Å². The van der Waals surface area contributed by atoms with Gasteiger partial charge in [0.1, 0.15) is 5.69 Å². The summed E-state index contributed by atoms with van der Waals surface area (Å²) in [7, 11) is 0. The lowest BCUT2D eigenvalue weighted by Crippen LogP contribution is -2.41. The lowest BCUT2D eigenvalue weighted by molar-refractivity contribution is -0.0403. The molecule has 1 amide bonds. The lowest BCUT2D eigenvalue weighted by atomic mass is 9.75. The first-order valence-electron chi connectivity index (χ1n) is 8.79. The Morgan fingerprint density at radius 3 is 2.84 bits per heavy atom. The normalized spacial score (nSPS) is 18.8. The van der Waals surface area contributed by atoms with Crippen LogP contribution in [0.2, 0.25) is 0 Å². The molecule has 1 fully saturated rings. The van der Waals surface area contributed by atoms with E-state index in [2.05, 4.69) is 10.1 Å². The Morgan fingerprint density at radius 2 is 2.08 bits per heavy atom. The van der Waals surface area contributed by atoms with Crippen molar-refractivity contribution >= 4 is 16.8 Å². The SMILES string of the molecule is O=C(c1cc2ccccc2[nH]1)N1CCn2ncc(C3(O)CCC3)c2C1. The van der Waals surface area contributed by atoms with Gasteiger partial charge in [-0.15, -0.1) is 0 Å². The van der Waals surface area contributed by atoms with E-state index in [1.54, 1.807) is 6.20 Å². The maximum absolute atomic E-state index is 12.9. The van der Waals surface area contributed by atoms with E-state index >= 15 is 0 Å². The zero-order valence-electron chi connectivity index (χ0n) is 13.9. The molecule has 3 aromatic rings. The number of hydrogen-bond donors (Lipinski definition) is 2. The van der Waals surface area contributed by atoms with Crippen LogP contribution in [0.4, 0.5) is 0 Å². The van der Waals surface area contributed by atoms with Crippen LogP contribution in [0.5, 0.6) is 0 Å². The minimum absolute atomic E-state index is 0.00445. The quantitative estimate of drug-likeness (QED) is 0.755. The molecule has 5 rings (SSSR count). The highest BCUT2D eigenvalue weighted by atomic mass is 16.3. The number of nitrogens with zero attached hydrogens (tertiary/aromatic N) is 3. The number of aromatic nitrogens is 3. The summed E-state index contributed by atoms with van der Waals surface area (Å²) in [5.41, 5.74) is 2.70. The second kappa shape index (κ2) is 5.20. The Morgan fingerprint density at radius 1 is 1.24 bits per heavy atom. The topological polar surface area (TPSA) is 74.2 Å². The van der Waals surface area contributed by atoms with Crippen molar-refractivity contribution in [1.29, 1.82) is 0 Å². The maximum atomic E-state index is 12.9. The Bertz CT molecular complexity index is 934. The van der Waals surface area contributed by atoms with Gasteiger partial charge in [-0.05, 0) is 31.4 Å². The molecule has 1 saturated carbocycles. The van der Waals surface area contributed by atoms with Gasteiger partial charge >= 0.3 is 0 Å². The molecule has 0 radical (unpaired) electrons. The molecular weight excluding hydrogens is 316 g/mol. The molecule has 0 bridgehead atoms. The molecule has 6 nitrogen and oxygen atoms in total. The van der Waals surface area contributed by atoms with Crippen molar-refractivity contribution in [3.8, 4) is 0 Å². The van der Waals surface area contributed by atoms with E-state index in [0.717, 1.165) is 41.4 Å². The standard InChI is InChI=1S/C19H20N4O2/c24-18(16-10-13-4-1-2-5-15(13)21-16)22-8-9-23-17(12-22)14(11-20-23)19(25)6-3-7-19/h1-2,4-5,10-11,21,25H,3,6-9,12H2. The number of nitrogens with one attached hydrogen (secondary N) is 1. The summed E-state index contributed by atoms with van der Waals surface area (Å²) in [6.07, 6.45) is 4.38. The van der Waals surface area contributed by atoms with Crippen molar-refractivity contribution in [2.45, 2.75) is 38.0 Å². The van der Waals surface area contributed by atoms with Crippen LogP contribution in [0, 0.1) is 0 Å². The van der Waals surface area contributed by atoms with Gasteiger partial charge < -0.3 is 15.0 Å². The largest absolute Gasteiger partial charge is 0.385 e. The molecule has 0 atom stereocenters. The van der Waals surface area contributed by atoms with E-state index in [1.807, 2.05) is 39.9 Å². The van der Waals surface area contributed by atoms with Gasteiger partial charge in [-0.3, -0.25) is 9.48 Å². The number of carbonyl (C=O) groups excluding carboxylic acids is 1. The van der Waals surface area contributed by atoms with E-state index in [0.29, 0.717) is 25.3 Å². The van der Waals surface area contributed by atoms with Crippen molar-refractivity contribution in [2.75, 3.05) is 6.54 Å². The van der Waals surface area contributed by atoms with E-state index < -0.39 is 5.60 Å². The van der Waals surface area contributed by atoms with Crippen molar-refractivity contribution in [1.82, 2.24) is 19.7 Å². The van der Waals surface area contributed by atoms with Crippen LogP contribution in [0.25, 0.3) is 10.9 Å². The minimum Gasteiger partial charge on any atom is -0.385 e. The van der Waals surface area contributed by atoms with Gasteiger partial charge in [0.05, 0.1) is 30.6 Å². The van der Waals surface area contributed by atoms with Gasteiger partial charge in [-0.2, -0.15) is 5.10 Å². The summed E-state index contributed by atoms with van der Waals surface area (Å²) in [5, 5.41) is 16.2. The van der Waals surface area contributed by atoms with Crippen molar-refractivity contribution in [3.63, 3.8) is 0 Å². The number of para-hydroxylation sites is 1. The van der Waals surface area contributed by atoms with Crippen LogP contribution < -0.4 is 0 Å². The second-order valence-corrected chi connectivity index (χ2v) is 7.11. The average Bonchev–Trinajstić information content (AvgIpc) is 3.22. The third-order valence-electron chi connectivity index (χ3n) is 5.60. The number of benzene rings is 1. The molecule has 0 unspecified atom stereocenters. The molecule has 25 heavy (non-hydrogen) atoms. The van der Waals surface area contributed by atoms with Crippen LogP contribution >= 0.6 is 0 Å². The molecule has 1 aromatic carbocycles. The fraction of sp³-hybridized carbons (Fsp3) is 0.368. The number of hydrogen-bond acceptors (Lipinski definition) is 3. The van der Waals surface area contributed by atoms with Crippen LogP contribution in [0.1, 0.15) is 41.0 Å². The number of fused-ring (bicyclic) bond motifs is 2. The molecule has 128 valence electrons. The Balaban J connectivity index is 1.45. The van der Waals surface area contributed by atoms with E-state index in [9.17, 15) is 9.90 Å². The first-order valence-corrected chi connectivity index (χ1v) is 8.79. The molecule has 2 aliphatic rings. The molecular formula is C19H20N4O2. The smallest absolute Gasteiger partial charge is 0.270 e. The third kappa shape index (κ3) is 2.21. The molecule has 1 aliphatic heterocycles. The summed E-state index contributed by atoms with van der Waals surface area (Å²) in [6, 6.07) is 9.80. The average molecular weight is 336 g/mol. The first kappa shape index (κ1) is 14.7. The van der Waals surface area contributed by atoms with Crippen LogP contribution in [-0.4, -0.2) is 37.2 Å². The number of rotatable bonds is 2. The minimum atomic E-state index is -0.749. The molecule has 6 heteroatoms. The first-order chi connectivity index (χ1) is 12.1. The van der Waals surface area contributed by atoms with Gasteiger partial charge in [0.25, 0.3) is 5.91 Å². The highest BCUT2D eigenvalue weighted by Gasteiger charge is 2.41. The Hall–Kier alpha value is -2.60. The molecule has 2 aromatic heterocycles. The number of carbonyl (C=O) groups is 1. The summed E-state index contributed by atoms with van der Waals surface area (Å²) in [5.74, 6) is -0.00445. The highest BCUT2D eigenvalue weighted by molar-refractivity contribution is 5.98. The van der Waals surface area contributed by atoms with Gasteiger partial charge in [0.2, 0.25) is 0 Å². The molecule has 3 heterocycles. The van der Waals surface area contributed by atoms with Gasteiger partial charge in [0, 0.05) is 23.0 Å². The van der Waals surface area contributed by atoms with Crippen molar-refractivity contribution in [3.05, 3.63) is 53.5 Å². The fourth-order valence-corrected chi connectivity index (χ4v) is 3.95.